The Kier molecular flexibility index (Phi) is 5.63. The van der Waals surface area contributed by atoms with Gasteiger partial charge in [-0.1, -0.05) is 30.3 Å². The summed E-state index contributed by atoms with van der Waals surface area (Å²) in [6.45, 7) is 2.39. The van der Waals surface area contributed by atoms with Crippen LogP contribution in [0.2, 0.25) is 0 Å². The van der Waals surface area contributed by atoms with Gasteiger partial charge in [0.2, 0.25) is 11.7 Å². The normalized spacial score (nSPS) is 15.4. The highest BCUT2D eigenvalue weighted by Crippen LogP contribution is 2.13. The number of aryl methyl sites for hydroxylation is 1. The predicted molar refractivity (Wildman–Crippen MR) is 91.0 cm³/mol. The Labute approximate surface area is 140 Å². The minimum absolute atomic E-state index is 0.246. The molecule has 1 aliphatic rings. The summed E-state index contributed by atoms with van der Waals surface area (Å²) in [6, 6.07) is 9.79. The van der Waals surface area contributed by atoms with Crippen LogP contribution >= 0.6 is 11.8 Å². The SMILES string of the molecule is O=C(CCCn1nnc(-c2ccccc2)n1)N1CCCSCC1. The second-order valence-electron chi connectivity index (χ2n) is 5.53. The van der Waals surface area contributed by atoms with E-state index in [1.807, 2.05) is 47.0 Å². The number of tetrazole rings is 1. The quantitative estimate of drug-likeness (QED) is 0.839. The number of carbonyl (C=O) groups excluding carboxylic acids is 1. The van der Waals surface area contributed by atoms with Crippen molar-refractivity contribution in [2.45, 2.75) is 25.8 Å². The molecule has 1 aliphatic heterocycles. The second kappa shape index (κ2) is 8.10. The molecule has 0 unspecified atom stereocenters. The van der Waals surface area contributed by atoms with Gasteiger partial charge in [-0.15, -0.1) is 10.2 Å². The molecule has 0 aliphatic carbocycles. The van der Waals surface area contributed by atoms with Crippen LogP contribution in [0.15, 0.2) is 30.3 Å². The first-order chi connectivity index (χ1) is 11.3. The van der Waals surface area contributed by atoms with Crippen molar-refractivity contribution in [1.82, 2.24) is 25.1 Å². The summed E-state index contributed by atoms with van der Waals surface area (Å²) in [7, 11) is 0. The van der Waals surface area contributed by atoms with E-state index in [0.717, 1.165) is 43.0 Å². The summed E-state index contributed by atoms with van der Waals surface area (Å²) in [6.07, 6.45) is 2.39. The van der Waals surface area contributed by atoms with E-state index >= 15 is 0 Å². The number of hydrogen-bond acceptors (Lipinski definition) is 5. The molecule has 2 heterocycles. The van der Waals surface area contributed by atoms with Gasteiger partial charge in [0.25, 0.3) is 0 Å². The average Bonchev–Trinajstić information content (AvgIpc) is 2.89. The molecule has 7 heteroatoms. The lowest BCUT2D eigenvalue weighted by Gasteiger charge is -2.19. The van der Waals surface area contributed by atoms with Gasteiger partial charge in [0, 0.05) is 30.8 Å². The molecule has 2 aromatic rings. The molecular weight excluding hydrogens is 310 g/mol. The lowest BCUT2D eigenvalue weighted by molar-refractivity contribution is -0.131. The molecule has 0 atom stereocenters. The van der Waals surface area contributed by atoms with E-state index in [2.05, 4.69) is 15.4 Å². The van der Waals surface area contributed by atoms with Crippen LogP contribution in [0.5, 0.6) is 0 Å². The van der Waals surface area contributed by atoms with Gasteiger partial charge in [0.15, 0.2) is 0 Å². The van der Waals surface area contributed by atoms with Crippen LogP contribution in [0.3, 0.4) is 0 Å². The Hall–Kier alpha value is -1.89. The van der Waals surface area contributed by atoms with Crippen molar-refractivity contribution >= 4 is 17.7 Å². The molecule has 0 saturated carbocycles. The zero-order valence-corrected chi connectivity index (χ0v) is 13.9. The average molecular weight is 331 g/mol. The number of aromatic nitrogens is 4. The van der Waals surface area contributed by atoms with Crippen LogP contribution in [0.1, 0.15) is 19.3 Å². The fraction of sp³-hybridized carbons (Fsp3) is 0.500. The lowest BCUT2D eigenvalue weighted by Crippen LogP contribution is -2.32. The molecular formula is C16H21N5OS. The first-order valence-corrected chi connectivity index (χ1v) is 9.17. The summed E-state index contributed by atoms with van der Waals surface area (Å²) in [4.78, 5) is 15.8. The molecule has 1 saturated heterocycles. The Morgan fingerprint density at radius 1 is 1.17 bits per heavy atom. The maximum atomic E-state index is 12.2. The van der Waals surface area contributed by atoms with Crippen molar-refractivity contribution in [1.29, 1.82) is 0 Å². The second-order valence-corrected chi connectivity index (χ2v) is 6.75. The van der Waals surface area contributed by atoms with Gasteiger partial charge in [-0.25, -0.2) is 0 Å². The van der Waals surface area contributed by atoms with E-state index in [-0.39, 0.29) is 5.91 Å². The molecule has 0 radical (unpaired) electrons. The Balaban J connectivity index is 1.47. The van der Waals surface area contributed by atoms with Crippen molar-refractivity contribution < 1.29 is 4.79 Å². The highest BCUT2D eigenvalue weighted by atomic mass is 32.2. The smallest absolute Gasteiger partial charge is 0.222 e. The number of benzene rings is 1. The third-order valence-electron chi connectivity index (χ3n) is 3.81. The fourth-order valence-electron chi connectivity index (χ4n) is 2.57. The monoisotopic (exact) mass is 331 g/mol. The maximum Gasteiger partial charge on any atom is 0.222 e. The van der Waals surface area contributed by atoms with Crippen LogP contribution in [0.4, 0.5) is 0 Å². The van der Waals surface area contributed by atoms with Crippen LogP contribution in [-0.4, -0.2) is 55.6 Å². The van der Waals surface area contributed by atoms with Crippen molar-refractivity contribution in [2.24, 2.45) is 0 Å². The van der Waals surface area contributed by atoms with E-state index in [0.29, 0.717) is 18.8 Å². The van der Waals surface area contributed by atoms with E-state index in [9.17, 15) is 4.79 Å². The minimum Gasteiger partial charge on any atom is -0.342 e. The molecule has 0 bridgehead atoms. The topological polar surface area (TPSA) is 63.9 Å². The zero-order valence-electron chi connectivity index (χ0n) is 13.1. The first-order valence-electron chi connectivity index (χ1n) is 8.02. The van der Waals surface area contributed by atoms with E-state index in [1.54, 1.807) is 4.80 Å². The largest absolute Gasteiger partial charge is 0.342 e. The molecule has 23 heavy (non-hydrogen) atoms. The van der Waals surface area contributed by atoms with Gasteiger partial charge in [-0.3, -0.25) is 4.79 Å². The van der Waals surface area contributed by atoms with Crippen LogP contribution in [-0.2, 0) is 11.3 Å². The lowest BCUT2D eigenvalue weighted by atomic mass is 10.2. The van der Waals surface area contributed by atoms with Crippen molar-refractivity contribution in [3.63, 3.8) is 0 Å². The molecule has 0 N–H and O–H groups in total. The molecule has 1 aromatic carbocycles. The van der Waals surface area contributed by atoms with Crippen molar-refractivity contribution in [3.05, 3.63) is 30.3 Å². The third-order valence-corrected chi connectivity index (χ3v) is 4.86. The van der Waals surface area contributed by atoms with Gasteiger partial charge in [0.1, 0.15) is 0 Å². The molecule has 1 fully saturated rings. The highest BCUT2D eigenvalue weighted by Gasteiger charge is 2.15. The Morgan fingerprint density at radius 2 is 2.04 bits per heavy atom. The first kappa shape index (κ1) is 16.0. The molecule has 1 aromatic heterocycles. The number of hydrogen-bond donors (Lipinski definition) is 0. The number of amides is 1. The van der Waals surface area contributed by atoms with Gasteiger partial charge < -0.3 is 4.90 Å². The van der Waals surface area contributed by atoms with E-state index in [1.165, 1.54) is 0 Å². The summed E-state index contributed by atoms with van der Waals surface area (Å²) >= 11 is 1.93. The van der Waals surface area contributed by atoms with Crippen LogP contribution in [0.25, 0.3) is 11.4 Å². The Bertz CT molecular complexity index is 622. The van der Waals surface area contributed by atoms with Crippen LogP contribution in [0, 0.1) is 0 Å². The predicted octanol–water partition coefficient (Wildman–Crippen LogP) is 2.09. The molecule has 1 amide bonds. The van der Waals surface area contributed by atoms with Gasteiger partial charge >= 0.3 is 0 Å². The minimum atomic E-state index is 0.246. The van der Waals surface area contributed by atoms with Gasteiger partial charge in [0.05, 0.1) is 6.54 Å². The molecule has 6 nitrogen and oxygen atoms in total. The van der Waals surface area contributed by atoms with Gasteiger partial charge in [-0.05, 0) is 23.8 Å². The summed E-state index contributed by atoms with van der Waals surface area (Å²) < 4.78 is 0. The Morgan fingerprint density at radius 3 is 2.91 bits per heavy atom. The standard InChI is InChI=1S/C16H21N5OS/c22-15(20-9-5-12-23-13-11-20)8-4-10-21-18-16(17-19-21)14-6-2-1-3-7-14/h1-3,6-7H,4-5,8-13H2. The van der Waals surface area contributed by atoms with E-state index in [4.69, 9.17) is 0 Å². The molecule has 3 rings (SSSR count). The number of carbonyl (C=O) groups is 1. The zero-order chi connectivity index (χ0) is 15.9. The third kappa shape index (κ3) is 4.54. The summed E-state index contributed by atoms with van der Waals surface area (Å²) in [5, 5.41) is 12.5. The van der Waals surface area contributed by atoms with Crippen LogP contribution < -0.4 is 0 Å². The summed E-state index contributed by atoms with van der Waals surface area (Å²) in [5.41, 5.74) is 0.955. The molecule has 122 valence electrons. The number of nitrogens with zero attached hydrogens (tertiary/aromatic N) is 5. The number of thioether (sulfide) groups is 1. The maximum absolute atomic E-state index is 12.2. The van der Waals surface area contributed by atoms with Crippen molar-refractivity contribution in [3.8, 4) is 11.4 Å². The number of rotatable bonds is 5. The highest BCUT2D eigenvalue weighted by molar-refractivity contribution is 7.99. The fourth-order valence-corrected chi connectivity index (χ4v) is 3.45. The van der Waals surface area contributed by atoms with E-state index < -0.39 is 0 Å². The summed E-state index contributed by atoms with van der Waals surface area (Å²) in [5.74, 6) is 3.09. The van der Waals surface area contributed by atoms with Gasteiger partial charge in [-0.2, -0.15) is 16.6 Å². The van der Waals surface area contributed by atoms with Crippen molar-refractivity contribution in [2.75, 3.05) is 24.6 Å². The molecule has 0 spiro atoms.